The Hall–Kier alpha value is -1.56. The van der Waals surface area contributed by atoms with Gasteiger partial charge in [-0.2, -0.15) is 0 Å². The molecule has 0 aromatic carbocycles. The van der Waals surface area contributed by atoms with Gasteiger partial charge in [-0.05, 0) is 0 Å². The van der Waals surface area contributed by atoms with E-state index in [9.17, 15) is 4.79 Å². The third kappa shape index (κ3) is 2.52. The molecule has 2 amide bonds. The molecule has 2 rings (SSSR count). The molecule has 0 unspecified atom stereocenters. The van der Waals surface area contributed by atoms with Gasteiger partial charge in [0.05, 0.1) is 19.4 Å². The third-order valence-electron chi connectivity index (χ3n) is 2.41. The van der Waals surface area contributed by atoms with Crippen molar-refractivity contribution in [2.75, 3.05) is 31.6 Å². The van der Waals surface area contributed by atoms with Gasteiger partial charge in [0.2, 0.25) is 0 Å². The lowest BCUT2D eigenvalue weighted by Gasteiger charge is -2.26. The van der Waals surface area contributed by atoms with E-state index in [1.807, 2.05) is 6.92 Å². The zero-order valence-electron chi connectivity index (χ0n) is 9.23. The van der Waals surface area contributed by atoms with E-state index < -0.39 is 0 Å². The molecule has 0 radical (unpaired) electrons. The van der Waals surface area contributed by atoms with Crippen LogP contribution in [0.1, 0.15) is 12.7 Å². The molecule has 6 heteroatoms. The Bertz CT molecular complexity index is 358. The highest BCUT2D eigenvalue weighted by molar-refractivity contribution is 5.87. The second kappa shape index (κ2) is 4.98. The summed E-state index contributed by atoms with van der Waals surface area (Å²) >= 11 is 0. The largest absolute Gasteiger partial charge is 0.428 e. The van der Waals surface area contributed by atoms with Crippen LogP contribution in [0.3, 0.4) is 0 Å². The molecule has 6 nitrogen and oxygen atoms in total. The molecule has 88 valence electrons. The number of nitrogens with zero attached hydrogens (tertiary/aromatic N) is 2. The Morgan fingerprint density at radius 2 is 2.31 bits per heavy atom. The molecule has 1 fully saturated rings. The van der Waals surface area contributed by atoms with Gasteiger partial charge >= 0.3 is 12.0 Å². The number of aromatic nitrogens is 1. The minimum absolute atomic E-state index is 0.187. The number of oxazole rings is 1. The van der Waals surface area contributed by atoms with Crippen molar-refractivity contribution in [1.82, 2.24) is 9.88 Å². The summed E-state index contributed by atoms with van der Waals surface area (Å²) < 4.78 is 10.5. The predicted molar refractivity (Wildman–Crippen MR) is 57.3 cm³/mol. The zero-order chi connectivity index (χ0) is 11.4. The summed E-state index contributed by atoms with van der Waals surface area (Å²) in [5.74, 6) is 0.761. The first-order chi connectivity index (χ1) is 7.79. The normalized spacial score (nSPS) is 16.2. The van der Waals surface area contributed by atoms with E-state index >= 15 is 0 Å². The van der Waals surface area contributed by atoms with Crippen molar-refractivity contribution in [2.24, 2.45) is 0 Å². The molecule has 1 aliphatic heterocycles. The number of ether oxygens (including phenoxy) is 1. The van der Waals surface area contributed by atoms with E-state index in [1.165, 1.54) is 0 Å². The van der Waals surface area contributed by atoms with Crippen molar-refractivity contribution in [2.45, 2.75) is 13.3 Å². The second-order valence-electron chi connectivity index (χ2n) is 3.51. The summed E-state index contributed by atoms with van der Waals surface area (Å²) in [6, 6.07) is 0.0705. The zero-order valence-corrected chi connectivity index (χ0v) is 9.23. The molecule has 16 heavy (non-hydrogen) atoms. The van der Waals surface area contributed by atoms with Gasteiger partial charge in [-0.1, -0.05) is 6.92 Å². The molecule has 0 bridgehead atoms. The number of carbonyl (C=O) groups excluding carboxylic acids is 1. The third-order valence-corrected chi connectivity index (χ3v) is 2.41. The van der Waals surface area contributed by atoms with E-state index in [2.05, 4.69) is 10.3 Å². The molecular formula is C10H15N3O3. The number of urea groups is 1. The summed E-state index contributed by atoms with van der Waals surface area (Å²) in [4.78, 5) is 17.4. The highest BCUT2D eigenvalue weighted by Gasteiger charge is 2.18. The van der Waals surface area contributed by atoms with Crippen LogP contribution in [0.5, 0.6) is 0 Å². The van der Waals surface area contributed by atoms with Crippen LogP contribution >= 0.6 is 0 Å². The fraction of sp³-hybridized carbons (Fsp3) is 0.600. The van der Waals surface area contributed by atoms with E-state index in [1.54, 1.807) is 11.1 Å². The second-order valence-corrected chi connectivity index (χ2v) is 3.51. The van der Waals surface area contributed by atoms with Crippen molar-refractivity contribution in [3.63, 3.8) is 0 Å². The maximum atomic E-state index is 11.7. The standard InChI is InChI=1S/C10H15N3O3/c1-2-8-7-11-9(16-8)12-10(14)13-3-5-15-6-4-13/h7H,2-6H2,1H3,(H,11,12,14). The number of amides is 2. The van der Waals surface area contributed by atoms with E-state index in [4.69, 9.17) is 9.15 Å². The molecule has 0 aliphatic carbocycles. The van der Waals surface area contributed by atoms with Gasteiger partial charge in [-0.3, -0.25) is 5.32 Å². The van der Waals surface area contributed by atoms with E-state index in [0.717, 1.165) is 12.2 Å². The van der Waals surface area contributed by atoms with Crippen LogP contribution < -0.4 is 5.32 Å². The van der Waals surface area contributed by atoms with Crippen LogP contribution in [0.4, 0.5) is 10.8 Å². The van der Waals surface area contributed by atoms with Crippen molar-refractivity contribution in [3.8, 4) is 0 Å². The van der Waals surface area contributed by atoms with Gasteiger partial charge in [0.15, 0.2) is 0 Å². The van der Waals surface area contributed by atoms with Crippen molar-refractivity contribution >= 4 is 12.0 Å². The fourth-order valence-electron chi connectivity index (χ4n) is 1.47. The van der Waals surface area contributed by atoms with Crippen molar-refractivity contribution < 1.29 is 13.9 Å². The predicted octanol–water partition coefficient (Wildman–Crippen LogP) is 1.10. The van der Waals surface area contributed by atoms with Gasteiger partial charge in [-0.15, -0.1) is 0 Å². The lowest BCUT2D eigenvalue weighted by Crippen LogP contribution is -2.43. The smallest absolute Gasteiger partial charge is 0.325 e. The molecule has 0 spiro atoms. The first-order valence-electron chi connectivity index (χ1n) is 5.38. The first-order valence-corrected chi connectivity index (χ1v) is 5.38. The van der Waals surface area contributed by atoms with Crippen molar-refractivity contribution in [1.29, 1.82) is 0 Å². The lowest BCUT2D eigenvalue weighted by atomic mass is 10.4. The highest BCUT2D eigenvalue weighted by Crippen LogP contribution is 2.10. The van der Waals surface area contributed by atoms with Crippen LogP contribution in [0.25, 0.3) is 0 Å². The maximum Gasteiger partial charge on any atom is 0.325 e. The Kier molecular flexibility index (Phi) is 3.40. The number of carbonyl (C=O) groups is 1. The SMILES string of the molecule is CCc1cnc(NC(=O)N2CCOCC2)o1. The van der Waals surface area contributed by atoms with Gasteiger partial charge in [0.25, 0.3) is 0 Å². The average molecular weight is 225 g/mol. The maximum absolute atomic E-state index is 11.7. The minimum atomic E-state index is -0.187. The fourth-order valence-corrected chi connectivity index (χ4v) is 1.47. The quantitative estimate of drug-likeness (QED) is 0.818. The van der Waals surface area contributed by atoms with Crippen LogP contribution in [-0.4, -0.2) is 42.2 Å². The van der Waals surface area contributed by atoms with E-state index in [-0.39, 0.29) is 12.0 Å². The average Bonchev–Trinajstić information content (AvgIpc) is 2.78. The summed E-state index contributed by atoms with van der Waals surface area (Å²) in [5, 5.41) is 2.62. The van der Waals surface area contributed by atoms with Crippen LogP contribution in [0.15, 0.2) is 10.6 Å². The minimum Gasteiger partial charge on any atom is -0.428 e. The molecule has 0 atom stereocenters. The Morgan fingerprint density at radius 3 is 2.94 bits per heavy atom. The Morgan fingerprint density at radius 1 is 1.56 bits per heavy atom. The number of hydrogen-bond acceptors (Lipinski definition) is 4. The van der Waals surface area contributed by atoms with Gasteiger partial charge in [0, 0.05) is 19.5 Å². The summed E-state index contributed by atoms with van der Waals surface area (Å²) in [6.07, 6.45) is 2.38. The number of anilines is 1. The molecule has 1 aromatic heterocycles. The molecule has 2 heterocycles. The van der Waals surface area contributed by atoms with Gasteiger partial charge < -0.3 is 14.1 Å². The van der Waals surface area contributed by atoms with Gasteiger partial charge in [0.1, 0.15) is 5.76 Å². The van der Waals surface area contributed by atoms with E-state index in [0.29, 0.717) is 26.3 Å². The number of hydrogen-bond donors (Lipinski definition) is 1. The molecule has 1 N–H and O–H groups in total. The number of morpholine rings is 1. The Balaban J connectivity index is 1.90. The molecule has 1 aliphatic rings. The molecular weight excluding hydrogens is 210 g/mol. The first kappa shape index (κ1) is 10.9. The number of aryl methyl sites for hydroxylation is 1. The number of rotatable bonds is 2. The topological polar surface area (TPSA) is 67.6 Å². The summed E-state index contributed by atoms with van der Waals surface area (Å²) in [5.41, 5.74) is 0. The van der Waals surface area contributed by atoms with Crippen LogP contribution in [0.2, 0.25) is 0 Å². The van der Waals surface area contributed by atoms with Gasteiger partial charge in [-0.25, -0.2) is 9.78 Å². The molecule has 0 saturated carbocycles. The van der Waals surface area contributed by atoms with Crippen molar-refractivity contribution in [3.05, 3.63) is 12.0 Å². The molecule has 1 saturated heterocycles. The summed E-state index contributed by atoms with van der Waals surface area (Å²) in [7, 11) is 0. The lowest BCUT2D eigenvalue weighted by molar-refractivity contribution is 0.0563. The number of nitrogens with one attached hydrogen (secondary N) is 1. The van der Waals surface area contributed by atoms with Crippen LogP contribution in [0, 0.1) is 0 Å². The Labute approximate surface area is 93.6 Å². The molecule has 1 aromatic rings. The van der Waals surface area contributed by atoms with Crippen LogP contribution in [-0.2, 0) is 11.2 Å². The monoisotopic (exact) mass is 225 g/mol. The summed E-state index contributed by atoms with van der Waals surface area (Å²) in [6.45, 7) is 4.34. The highest BCUT2D eigenvalue weighted by atomic mass is 16.5.